The van der Waals surface area contributed by atoms with Crippen LogP contribution in [-0.2, 0) is 0 Å². The van der Waals surface area contributed by atoms with Crippen LogP contribution in [0.5, 0.6) is 0 Å². The van der Waals surface area contributed by atoms with Crippen molar-refractivity contribution in [2.24, 2.45) is 0 Å². The first-order valence-corrected chi connectivity index (χ1v) is 16.4. The van der Waals surface area contributed by atoms with Crippen LogP contribution < -0.4 is 0 Å². The molecule has 0 unspecified atom stereocenters. The molecular weight excluding hydrogens is 583 g/mol. The quantitative estimate of drug-likeness (QED) is 0.146. The Morgan fingerprint density at radius 1 is 0.375 bits per heavy atom. The van der Waals surface area contributed by atoms with E-state index < -0.39 is 0 Å². The standard InChI is InChI=1S/C45H31N3/c1-28-40-36-17-9-10-18-38(36)47-44(32-12-5-3-6-13-32)42(40)29(2)41-37-24-23-34(30-19-21-31(22-20-30)35-16-11-25-46-27-35)26-39(37)48-45(43(28)41)33-14-7-4-8-15-33/h3-27H,1-2H3. The van der Waals surface area contributed by atoms with Crippen LogP contribution in [0.25, 0.3) is 88.1 Å². The van der Waals surface area contributed by atoms with Crippen molar-refractivity contribution < 1.29 is 0 Å². The molecular formula is C45H31N3. The van der Waals surface area contributed by atoms with Gasteiger partial charge in [-0.1, -0.05) is 121 Å². The summed E-state index contributed by atoms with van der Waals surface area (Å²) in [6.07, 6.45) is 3.71. The lowest BCUT2D eigenvalue weighted by Gasteiger charge is -2.21. The molecule has 0 saturated carbocycles. The molecule has 0 bridgehead atoms. The summed E-state index contributed by atoms with van der Waals surface area (Å²) in [6, 6.07) is 49.3. The summed E-state index contributed by atoms with van der Waals surface area (Å²) in [5.41, 5.74) is 13.2. The first kappa shape index (κ1) is 28.1. The number of hydrogen-bond donors (Lipinski definition) is 0. The summed E-state index contributed by atoms with van der Waals surface area (Å²) in [6.45, 7) is 4.54. The highest BCUT2D eigenvalue weighted by molar-refractivity contribution is 6.25. The Kier molecular flexibility index (Phi) is 6.58. The Hall–Kier alpha value is -6.19. The fourth-order valence-corrected chi connectivity index (χ4v) is 7.41. The molecule has 0 spiro atoms. The van der Waals surface area contributed by atoms with Gasteiger partial charge in [-0.05, 0) is 76.2 Å². The van der Waals surface area contributed by atoms with E-state index in [1.807, 2.05) is 12.3 Å². The molecule has 0 aliphatic heterocycles. The lowest BCUT2D eigenvalue weighted by molar-refractivity contribution is 1.33. The van der Waals surface area contributed by atoms with Gasteiger partial charge in [-0.3, -0.25) is 4.98 Å². The Bertz CT molecular complexity index is 2650. The van der Waals surface area contributed by atoms with Gasteiger partial charge in [0.2, 0.25) is 0 Å². The van der Waals surface area contributed by atoms with Gasteiger partial charge in [0.25, 0.3) is 0 Å². The normalized spacial score (nSPS) is 11.5. The maximum atomic E-state index is 5.47. The van der Waals surface area contributed by atoms with Crippen molar-refractivity contribution >= 4 is 43.4 Å². The largest absolute Gasteiger partial charge is 0.264 e. The third-order valence-electron chi connectivity index (χ3n) is 9.69. The van der Waals surface area contributed by atoms with E-state index in [2.05, 4.69) is 152 Å². The van der Waals surface area contributed by atoms with Crippen molar-refractivity contribution in [1.29, 1.82) is 0 Å². The minimum absolute atomic E-state index is 0.979. The van der Waals surface area contributed by atoms with Crippen LogP contribution in [0.15, 0.2) is 152 Å². The van der Waals surface area contributed by atoms with Gasteiger partial charge in [-0.2, -0.15) is 0 Å². The number of pyridine rings is 3. The second kappa shape index (κ2) is 11.3. The van der Waals surface area contributed by atoms with E-state index in [4.69, 9.17) is 9.97 Å². The minimum Gasteiger partial charge on any atom is -0.264 e. The number of rotatable bonds is 4. The fourth-order valence-electron chi connectivity index (χ4n) is 7.41. The van der Waals surface area contributed by atoms with E-state index in [1.54, 1.807) is 6.20 Å². The van der Waals surface area contributed by atoms with Crippen molar-refractivity contribution in [2.75, 3.05) is 0 Å². The molecule has 0 fully saturated rings. The predicted molar refractivity (Wildman–Crippen MR) is 201 cm³/mol. The van der Waals surface area contributed by atoms with Crippen molar-refractivity contribution in [3.05, 3.63) is 163 Å². The maximum Gasteiger partial charge on any atom is 0.0791 e. The number of aryl methyl sites for hydroxylation is 2. The van der Waals surface area contributed by atoms with Crippen LogP contribution in [0.1, 0.15) is 11.1 Å². The maximum absolute atomic E-state index is 5.47. The molecule has 3 heterocycles. The van der Waals surface area contributed by atoms with Crippen LogP contribution >= 0.6 is 0 Å². The van der Waals surface area contributed by atoms with E-state index in [1.165, 1.54) is 38.1 Å². The fraction of sp³-hybridized carbons (Fsp3) is 0.0444. The van der Waals surface area contributed by atoms with Gasteiger partial charge in [-0.25, -0.2) is 9.97 Å². The third-order valence-corrected chi connectivity index (χ3v) is 9.69. The Balaban J connectivity index is 1.37. The first-order valence-electron chi connectivity index (χ1n) is 16.4. The number of benzene rings is 6. The van der Waals surface area contributed by atoms with Crippen LogP contribution in [0.4, 0.5) is 0 Å². The zero-order chi connectivity index (χ0) is 32.2. The van der Waals surface area contributed by atoms with E-state index in [9.17, 15) is 0 Å². The van der Waals surface area contributed by atoms with E-state index >= 15 is 0 Å². The van der Waals surface area contributed by atoms with Crippen LogP contribution in [0.3, 0.4) is 0 Å². The van der Waals surface area contributed by atoms with Gasteiger partial charge >= 0.3 is 0 Å². The van der Waals surface area contributed by atoms with Crippen molar-refractivity contribution in [2.45, 2.75) is 13.8 Å². The molecule has 0 aliphatic carbocycles. The lowest BCUT2D eigenvalue weighted by Crippen LogP contribution is -1.99. The summed E-state index contributed by atoms with van der Waals surface area (Å²) < 4.78 is 0. The first-order chi connectivity index (χ1) is 23.7. The molecule has 3 aromatic heterocycles. The molecule has 0 amide bonds. The molecule has 0 radical (unpaired) electrons. The number of nitrogens with zero attached hydrogens (tertiary/aromatic N) is 3. The monoisotopic (exact) mass is 613 g/mol. The molecule has 3 heteroatoms. The van der Waals surface area contributed by atoms with Crippen LogP contribution in [-0.4, -0.2) is 15.0 Å². The highest BCUT2D eigenvalue weighted by Crippen LogP contribution is 2.45. The molecule has 9 aromatic rings. The molecule has 226 valence electrons. The summed E-state index contributed by atoms with van der Waals surface area (Å²) in [5.74, 6) is 0. The Morgan fingerprint density at radius 2 is 0.875 bits per heavy atom. The van der Waals surface area contributed by atoms with Crippen molar-refractivity contribution in [3.8, 4) is 44.8 Å². The zero-order valence-electron chi connectivity index (χ0n) is 26.8. The van der Waals surface area contributed by atoms with Gasteiger partial charge in [0.1, 0.15) is 0 Å². The molecule has 0 N–H and O–H groups in total. The van der Waals surface area contributed by atoms with Gasteiger partial charge < -0.3 is 0 Å². The smallest absolute Gasteiger partial charge is 0.0791 e. The predicted octanol–water partition coefficient (Wildman–Crippen LogP) is 11.8. The summed E-state index contributed by atoms with van der Waals surface area (Å²) in [7, 11) is 0. The van der Waals surface area contributed by atoms with Gasteiger partial charge in [-0.15, -0.1) is 0 Å². The second-order valence-electron chi connectivity index (χ2n) is 12.5. The molecule has 9 rings (SSSR count). The minimum atomic E-state index is 0.979. The second-order valence-corrected chi connectivity index (χ2v) is 12.5. The van der Waals surface area contributed by atoms with Crippen molar-refractivity contribution in [3.63, 3.8) is 0 Å². The number of aromatic nitrogens is 3. The average Bonchev–Trinajstić information content (AvgIpc) is 3.16. The van der Waals surface area contributed by atoms with E-state index in [0.717, 1.165) is 61.2 Å². The summed E-state index contributed by atoms with van der Waals surface area (Å²) in [5, 5.41) is 7.19. The third kappa shape index (κ3) is 4.47. The SMILES string of the molecule is Cc1c2c(-c3ccccc3)nc3cc(-c4ccc(-c5cccnc5)cc4)ccc3c2c(C)c2c(-c3ccccc3)nc3ccccc3c12. The highest BCUT2D eigenvalue weighted by Gasteiger charge is 2.22. The molecule has 6 aromatic carbocycles. The number of para-hydroxylation sites is 1. The Labute approximate surface area is 279 Å². The Morgan fingerprint density at radius 3 is 1.48 bits per heavy atom. The number of fused-ring (bicyclic) bond motifs is 6. The molecule has 0 aliphatic rings. The molecule has 0 atom stereocenters. The summed E-state index contributed by atoms with van der Waals surface area (Å²) in [4.78, 5) is 15.1. The van der Waals surface area contributed by atoms with E-state index in [0.29, 0.717) is 0 Å². The van der Waals surface area contributed by atoms with E-state index in [-0.39, 0.29) is 0 Å². The average molecular weight is 614 g/mol. The van der Waals surface area contributed by atoms with Gasteiger partial charge in [0.05, 0.1) is 22.4 Å². The highest BCUT2D eigenvalue weighted by atomic mass is 14.7. The zero-order valence-corrected chi connectivity index (χ0v) is 26.8. The summed E-state index contributed by atoms with van der Waals surface area (Å²) >= 11 is 0. The number of hydrogen-bond acceptors (Lipinski definition) is 3. The van der Waals surface area contributed by atoms with Crippen LogP contribution in [0.2, 0.25) is 0 Å². The van der Waals surface area contributed by atoms with Crippen molar-refractivity contribution in [1.82, 2.24) is 15.0 Å². The molecule has 48 heavy (non-hydrogen) atoms. The molecule has 0 saturated heterocycles. The lowest BCUT2D eigenvalue weighted by atomic mass is 9.85. The van der Waals surface area contributed by atoms with Gasteiger partial charge in [0.15, 0.2) is 0 Å². The van der Waals surface area contributed by atoms with Crippen LogP contribution in [0, 0.1) is 13.8 Å². The molecule has 3 nitrogen and oxygen atoms in total. The topological polar surface area (TPSA) is 38.7 Å². The van der Waals surface area contributed by atoms with Gasteiger partial charge in [0, 0.05) is 45.1 Å².